The van der Waals surface area contributed by atoms with E-state index in [1.165, 1.54) is 0 Å². The van der Waals surface area contributed by atoms with Crippen LogP contribution in [0, 0.1) is 5.92 Å². The summed E-state index contributed by atoms with van der Waals surface area (Å²) in [4.78, 5) is 2.33. The molecule has 0 aromatic heterocycles. The zero-order chi connectivity index (χ0) is 12.2. The minimum atomic E-state index is -2.80. The molecule has 1 saturated heterocycles. The van der Waals surface area contributed by atoms with Crippen molar-refractivity contribution < 1.29 is 8.42 Å². The number of nitrogens with two attached hydrogens (primary N) is 1. The predicted molar refractivity (Wildman–Crippen MR) is 67.1 cm³/mol. The summed E-state index contributed by atoms with van der Waals surface area (Å²) >= 11 is 0. The molecule has 0 aromatic carbocycles. The molecule has 0 aliphatic carbocycles. The number of hydrogen-bond acceptors (Lipinski definition) is 4. The van der Waals surface area contributed by atoms with E-state index >= 15 is 0 Å². The topological polar surface area (TPSA) is 63.4 Å². The fourth-order valence-corrected chi connectivity index (χ4v) is 2.96. The van der Waals surface area contributed by atoms with Gasteiger partial charge in [0.2, 0.25) is 0 Å². The van der Waals surface area contributed by atoms with E-state index in [0.29, 0.717) is 17.7 Å². The zero-order valence-corrected chi connectivity index (χ0v) is 11.2. The Morgan fingerprint density at radius 1 is 1.44 bits per heavy atom. The number of sulfone groups is 1. The van der Waals surface area contributed by atoms with Crippen molar-refractivity contribution in [3.05, 3.63) is 0 Å². The summed E-state index contributed by atoms with van der Waals surface area (Å²) in [5.41, 5.74) is 5.94. The third kappa shape index (κ3) is 4.39. The normalized spacial score (nSPS) is 28.2. The lowest BCUT2D eigenvalue weighted by Gasteiger charge is -2.35. The van der Waals surface area contributed by atoms with Gasteiger partial charge in [-0.3, -0.25) is 0 Å². The first-order valence-electron chi connectivity index (χ1n) is 6.13. The van der Waals surface area contributed by atoms with Crippen LogP contribution in [0.5, 0.6) is 0 Å². The lowest BCUT2D eigenvalue weighted by atomic mass is 9.95. The van der Waals surface area contributed by atoms with Crippen LogP contribution in [0.1, 0.15) is 26.7 Å². The van der Waals surface area contributed by atoms with E-state index in [1.807, 2.05) is 0 Å². The van der Waals surface area contributed by atoms with Crippen LogP contribution < -0.4 is 5.73 Å². The molecule has 2 unspecified atom stereocenters. The van der Waals surface area contributed by atoms with Crippen molar-refractivity contribution in [1.29, 1.82) is 0 Å². The first-order chi connectivity index (χ1) is 7.44. The van der Waals surface area contributed by atoms with Crippen molar-refractivity contribution in [3.8, 4) is 0 Å². The number of likely N-dealkylation sites (tertiary alicyclic amines) is 1. The lowest BCUT2D eigenvalue weighted by molar-refractivity contribution is 0.165. The molecule has 0 saturated carbocycles. The second kappa shape index (κ2) is 5.98. The molecule has 1 rings (SSSR count). The summed E-state index contributed by atoms with van der Waals surface area (Å²) in [6.45, 7) is 6.78. The molecule has 1 aliphatic heterocycles. The molecule has 96 valence electrons. The Balaban J connectivity index is 2.24. The third-order valence-corrected chi connectivity index (χ3v) is 5.22. The van der Waals surface area contributed by atoms with Gasteiger partial charge in [-0.05, 0) is 31.8 Å². The van der Waals surface area contributed by atoms with Gasteiger partial charge in [-0.2, -0.15) is 0 Å². The zero-order valence-electron chi connectivity index (χ0n) is 10.4. The van der Waals surface area contributed by atoms with Crippen LogP contribution in [-0.2, 0) is 9.84 Å². The molecule has 1 aliphatic rings. The predicted octanol–water partition coefficient (Wildman–Crippen LogP) is 0.480. The van der Waals surface area contributed by atoms with Crippen LogP contribution >= 0.6 is 0 Å². The third-order valence-electron chi connectivity index (χ3n) is 3.43. The largest absolute Gasteiger partial charge is 0.327 e. The van der Waals surface area contributed by atoms with Crippen LogP contribution in [0.4, 0.5) is 0 Å². The van der Waals surface area contributed by atoms with Crippen molar-refractivity contribution in [1.82, 2.24) is 4.90 Å². The van der Waals surface area contributed by atoms with E-state index in [9.17, 15) is 8.42 Å². The quantitative estimate of drug-likeness (QED) is 0.768. The van der Waals surface area contributed by atoms with Gasteiger partial charge in [0.1, 0.15) is 9.84 Å². The van der Waals surface area contributed by atoms with Gasteiger partial charge >= 0.3 is 0 Å². The Hall–Kier alpha value is -0.130. The Bertz CT molecular complexity index is 303. The molecular weight excluding hydrogens is 224 g/mol. The second-order valence-corrected chi connectivity index (χ2v) is 7.29. The van der Waals surface area contributed by atoms with Gasteiger partial charge < -0.3 is 10.6 Å². The molecule has 1 heterocycles. The molecule has 16 heavy (non-hydrogen) atoms. The van der Waals surface area contributed by atoms with Gasteiger partial charge in [-0.15, -0.1) is 0 Å². The molecule has 0 bridgehead atoms. The Morgan fingerprint density at radius 2 is 2.12 bits per heavy atom. The van der Waals surface area contributed by atoms with Crippen molar-refractivity contribution in [3.63, 3.8) is 0 Å². The van der Waals surface area contributed by atoms with Gasteiger partial charge in [0.25, 0.3) is 0 Å². The van der Waals surface area contributed by atoms with Crippen LogP contribution in [0.25, 0.3) is 0 Å². The van der Waals surface area contributed by atoms with Gasteiger partial charge in [0.15, 0.2) is 0 Å². The number of rotatable bonds is 5. The van der Waals surface area contributed by atoms with Crippen LogP contribution in [0.15, 0.2) is 0 Å². The van der Waals surface area contributed by atoms with Gasteiger partial charge in [0.05, 0.1) is 5.75 Å². The smallest absolute Gasteiger partial charge is 0.150 e. The number of nitrogens with zero attached hydrogens (tertiary/aromatic N) is 1. The maximum absolute atomic E-state index is 11.3. The standard InChI is InChI=1S/C11H24N2O2S/c1-3-16(14,15)8-4-6-13-7-5-11(12)10(2)9-13/h10-11H,3-9,12H2,1-2H3. The molecule has 4 nitrogen and oxygen atoms in total. The molecular formula is C11H24N2O2S. The van der Waals surface area contributed by atoms with Crippen molar-refractivity contribution in [2.75, 3.05) is 31.1 Å². The first kappa shape index (κ1) is 13.9. The molecule has 2 N–H and O–H groups in total. The first-order valence-corrected chi connectivity index (χ1v) is 7.95. The summed E-state index contributed by atoms with van der Waals surface area (Å²) in [5, 5.41) is 0. The lowest BCUT2D eigenvalue weighted by Crippen LogP contribution is -2.46. The Morgan fingerprint density at radius 3 is 2.69 bits per heavy atom. The van der Waals surface area contributed by atoms with E-state index in [1.54, 1.807) is 6.92 Å². The van der Waals surface area contributed by atoms with Gasteiger partial charge in [0, 0.05) is 18.3 Å². The monoisotopic (exact) mass is 248 g/mol. The molecule has 0 spiro atoms. The molecule has 0 amide bonds. The number of hydrogen-bond donors (Lipinski definition) is 1. The summed E-state index contributed by atoms with van der Waals surface area (Å²) in [5.74, 6) is 1.10. The Labute approximate surface area is 99.1 Å². The molecule has 5 heteroatoms. The van der Waals surface area contributed by atoms with Crippen molar-refractivity contribution >= 4 is 9.84 Å². The highest BCUT2D eigenvalue weighted by atomic mass is 32.2. The second-order valence-electron chi connectivity index (χ2n) is 4.82. The van der Waals surface area contributed by atoms with Crippen molar-refractivity contribution in [2.24, 2.45) is 11.7 Å². The molecule has 0 aromatic rings. The van der Waals surface area contributed by atoms with Crippen LogP contribution in [-0.4, -0.2) is 50.5 Å². The van der Waals surface area contributed by atoms with Crippen molar-refractivity contribution in [2.45, 2.75) is 32.7 Å². The maximum Gasteiger partial charge on any atom is 0.150 e. The fraction of sp³-hybridized carbons (Fsp3) is 1.00. The summed E-state index contributed by atoms with van der Waals surface area (Å²) < 4.78 is 22.6. The van der Waals surface area contributed by atoms with E-state index in [0.717, 1.165) is 32.5 Å². The molecule has 2 atom stereocenters. The SMILES string of the molecule is CCS(=O)(=O)CCCN1CCC(N)C(C)C1. The van der Waals surface area contributed by atoms with Gasteiger partial charge in [-0.25, -0.2) is 8.42 Å². The minimum absolute atomic E-state index is 0.258. The highest BCUT2D eigenvalue weighted by Crippen LogP contribution is 2.14. The van der Waals surface area contributed by atoms with Crippen LogP contribution in [0.3, 0.4) is 0 Å². The van der Waals surface area contributed by atoms with Crippen LogP contribution in [0.2, 0.25) is 0 Å². The summed E-state index contributed by atoms with van der Waals surface area (Å²) in [6, 6.07) is 0.315. The number of piperidine rings is 1. The minimum Gasteiger partial charge on any atom is -0.327 e. The highest BCUT2D eigenvalue weighted by molar-refractivity contribution is 7.91. The molecule has 0 radical (unpaired) electrons. The van der Waals surface area contributed by atoms with E-state index < -0.39 is 9.84 Å². The Kier molecular flexibility index (Phi) is 5.21. The molecule has 1 fully saturated rings. The average Bonchev–Trinajstić information content (AvgIpc) is 2.23. The maximum atomic E-state index is 11.3. The van der Waals surface area contributed by atoms with Gasteiger partial charge in [-0.1, -0.05) is 13.8 Å². The van der Waals surface area contributed by atoms with E-state index in [-0.39, 0.29) is 5.75 Å². The fourth-order valence-electron chi connectivity index (χ4n) is 2.11. The summed E-state index contributed by atoms with van der Waals surface area (Å²) in [7, 11) is -2.80. The average molecular weight is 248 g/mol. The highest BCUT2D eigenvalue weighted by Gasteiger charge is 2.22. The van der Waals surface area contributed by atoms with E-state index in [2.05, 4.69) is 11.8 Å². The summed E-state index contributed by atoms with van der Waals surface area (Å²) in [6.07, 6.45) is 1.78. The van der Waals surface area contributed by atoms with E-state index in [4.69, 9.17) is 5.73 Å².